The SMILES string of the molecule is CCOC(=O)N1CCC(N(C[C@@H]2C[C@H]3C=C[C@H]2C3)C(=O)c2cc(C)n(C)n2)CC1. The molecule has 1 saturated carbocycles. The molecular formula is C22H32N4O3. The molecule has 2 amide bonds. The summed E-state index contributed by atoms with van der Waals surface area (Å²) in [7, 11) is 1.87. The van der Waals surface area contributed by atoms with Gasteiger partial charge in [-0.05, 0) is 63.4 Å². The zero-order chi connectivity index (χ0) is 20.5. The Morgan fingerprint density at radius 2 is 2.00 bits per heavy atom. The van der Waals surface area contributed by atoms with Crippen LogP contribution in [0.25, 0.3) is 0 Å². The van der Waals surface area contributed by atoms with Crippen LogP contribution in [0.1, 0.15) is 48.8 Å². The van der Waals surface area contributed by atoms with Gasteiger partial charge in [-0.1, -0.05) is 12.2 Å². The molecule has 0 unspecified atom stereocenters. The molecule has 2 aliphatic carbocycles. The van der Waals surface area contributed by atoms with E-state index in [-0.39, 0.29) is 18.0 Å². The molecule has 0 spiro atoms. The van der Waals surface area contributed by atoms with E-state index < -0.39 is 0 Å². The van der Waals surface area contributed by atoms with Crippen LogP contribution in [0.2, 0.25) is 0 Å². The van der Waals surface area contributed by atoms with Gasteiger partial charge in [0.05, 0.1) is 6.61 Å². The van der Waals surface area contributed by atoms with Crippen molar-refractivity contribution >= 4 is 12.0 Å². The van der Waals surface area contributed by atoms with Gasteiger partial charge in [-0.25, -0.2) is 4.79 Å². The molecule has 2 heterocycles. The van der Waals surface area contributed by atoms with Crippen LogP contribution in [0.5, 0.6) is 0 Å². The Bertz CT molecular complexity index is 774. The highest BCUT2D eigenvalue weighted by atomic mass is 16.6. The third-order valence-electron chi connectivity index (χ3n) is 6.87. The highest BCUT2D eigenvalue weighted by Gasteiger charge is 2.40. The first-order valence-electron chi connectivity index (χ1n) is 10.9. The molecule has 0 N–H and O–H groups in total. The number of rotatable bonds is 5. The van der Waals surface area contributed by atoms with Crippen molar-refractivity contribution in [3.8, 4) is 0 Å². The lowest BCUT2D eigenvalue weighted by Crippen LogP contribution is -2.50. The van der Waals surface area contributed by atoms with E-state index in [0.717, 1.165) is 25.1 Å². The first-order valence-corrected chi connectivity index (χ1v) is 10.9. The van der Waals surface area contributed by atoms with Gasteiger partial charge in [-0.15, -0.1) is 0 Å². The highest BCUT2D eigenvalue weighted by Crippen LogP contribution is 2.44. The largest absolute Gasteiger partial charge is 0.450 e. The predicted molar refractivity (Wildman–Crippen MR) is 109 cm³/mol. The minimum absolute atomic E-state index is 0.0232. The van der Waals surface area contributed by atoms with Gasteiger partial charge in [0.15, 0.2) is 5.69 Å². The Labute approximate surface area is 172 Å². The van der Waals surface area contributed by atoms with Gasteiger partial charge < -0.3 is 14.5 Å². The summed E-state index contributed by atoms with van der Waals surface area (Å²) in [4.78, 5) is 29.3. The number of amides is 2. The van der Waals surface area contributed by atoms with Crippen LogP contribution in [0.4, 0.5) is 4.79 Å². The number of nitrogens with zero attached hydrogens (tertiary/aromatic N) is 4. The van der Waals surface area contributed by atoms with Gasteiger partial charge in [0, 0.05) is 38.4 Å². The molecule has 3 atom stereocenters. The average molecular weight is 401 g/mol. The lowest BCUT2D eigenvalue weighted by Gasteiger charge is -2.39. The number of hydrogen-bond acceptors (Lipinski definition) is 4. The lowest BCUT2D eigenvalue weighted by atomic mass is 9.91. The van der Waals surface area contributed by atoms with Crippen molar-refractivity contribution in [2.75, 3.05) is 26.2 Å². The van der Waals surface area contributed by atoms with E-state index in [9.17, 15) is 9.59 Å². The maximum Gasteiger partial charge on any atom is 0.409 e. The third kappa shape index (κ3) is 4.05. The van der Waals surface area contributed by atoms with Crippen molar-refractivity contribution in [3.63, 3.8) is 0 Å². The van der Waals surface area contributed by atoms with Gasteiger partial charge in [0.1, 0.15) is 0 Å². The molecule has 1 saturated heterocycles. The van der Waals surface area contributed by atoms with E-state index in [2.05, 4.69) is 22.2 Å². The Balaban J connectivity index is 1.48. The summed E-state index contributed by atoms with van der Waals surface area (Å²) in [5.41, 5.74) is 1.50. The number of carbonyl (C=O) groups excluding carboxylic acids is 2. The summed E-state index contributed by atoms with van der Waals surface area (Å²) in [5.74, 6) is 1.84. The van der Waals surface area contributed by atoms with Crippen LogP contribution in [-0.4, -0.2) is 63.9 Å². The summed E-state index contributed by atoms with van der Waals surface area (Å²) >= 11 is 0. The number of ether oxygens (including phenoxy) is 1. The molecule has 0 aromatic carbocycles. The van der Waals surface area contributed by atoms with E-state index in [1.54, 1.807) is 9.58 Å². The maximum absolute atomic E-state index is 13.4. The minimum atomic E-state index is -0.248. The molecule has 1 aliphatic heterocycles. The topological polar surface area (TPSA) is 67.7 Å². The van der Waals surface area contributed by atoms with Gasteiger partial charge in [0.2, 0.25) is 0 Å². The van der Waals surface area contributed by atoms with Crippen molar-refractivity contribution in [1.29, 1.82) is 0 Å². The number of fused-ring (bicyclic) bond motifs is 2. The first-order chi connectivity index (χ1) is 14.0. The Kier molecular flexibility index (Phi) is 5.65. The molecule has 7 nitrogen and oxygen atoms in total. The quantitative estimate of drug-likeness (QED) is 0.713. The van der Waals surface area contributed by atoms with Crippen LogP contribution < -0.4 is 0 Å². The van der Waals surface area contributed by atoms with Gasteiger partial charge in [-0.2, -0.15) is 5.10 Å². The second kappa shape index (κ2) is 8.20. The molecule has 4 rings (SSSR count). The second-order valence-corrected chi connectivity index (χ2v) is 8.71. The molecule has 158 valence electrons. The number of aromatic nitrogens is 2. The molecule has 7 heteroatoms. The number of piperidine rings is 1. The number of aryl methyl sites for hydroxylation is 2. The van der Waals surface area contributed by atoms with Crippen molar-refractivity contribution in [2.24, 2.45) is 24.8 Å². The smallest absolute Gasteiger partial charge is 0.409 e. The molecule has 29 heavy (non-hydrogen) atoms. The predicted octanol–water partition coefficient (Wildman–Crippen LogP) is 3.00. The maximum atomic E-state index is 13.4. The van der Waals surface area contributed by atoms with Crippen molar-refractivity contribution in [3.05, 3.63) is 29.6 Å². The van der Waals surface area contributed by atoms with Crippen molar-refractivity contribution in [1.82, 2.24) is 19.6 Å². The highest BCUT2D eigenvalue weighted by molar-refractivity contribution is 5.92. The van der Waals surface area contributed by atoms with Gasteiger partial charge in [-0.3, -0.25) is 9.48 Å². The monoisotopic (exact) mass is 400 g/mol. The summed E-state index contributed by atoms with van der Waals surface area (Å²) < 4.78 is 6.90. The molecule has 0 radical (unpaired) electrons. The fourth-order valence-electron chi connectivity index (χ4n) is 5.14. The fraction of sp³-hybridized carbons (Fsp3) is 0.682. The number of hydrogen-bond donors (Lipinski definition) is 0. The van der Waals surface area contributed by atoms with E-state index >= 15 is 0 Å². The first kappa shape index (κ1) is 20.0. The zero-order valence-electron chi connectivity index (χ0n) is 17.7. The van der Waals surface area contributed by atoms with Crippen LogP contribution >= 0.6 is 0 Å². The number of likely N-dealkylation sites (tertiary alicyclic amines) is 1. The standard InChI is InChI=1S/C22H32N4O3/c1-4-29-22(28)25-9-7-19(8-10-25)26(14-18-13-16-5-6-17(18)12-16)21(27)20-11-15(2)24(3)23-20/h5-6,11,16-19H,4,7-10,12-14H2,1-3H3/t16-,17-,18-/m0/s1. The van der Waals surface area contributed by atoms with Crippen molar-refractivity contribution < 1.29 is 14.3 Å². The molecule has 3 aliphatic rings. The fourth-order valence-corrected chi connectivity index (χ4v) is 5.14. The lowest BCUT2D eigenvalue weighted by molar-refractivity contribution is 0.0477. The van der Waals surface area contributed by atoms with Crippen molar-refractivity contribution in [2.45, 2.75) is 45.6 Å². The summed E-state index contributed by atoms with van der Waals surface area (Å²) in [5, 5.41) is 4.44. The third-order valence-corrected chi connectivity index (χ3v) is 6.87. The van der Waals surface area contributed by atoms with E-state index in [4.69, 9.17) is 4.74 Å². The Morgan fingerprint density at radius 3 is 2.55 bits per heavy atom. The Hall–Kier alpha value is -2.31. The van der Waals surface area contributed by atoms with Crippen LogP contribution in [0.15, 0.2) is 18.2 Å². The second-order valence-electron chi connectivity index (χ2n) is 8.71. The summed E-state index contributed by atoms with van der Waals surface area (Å²) in [6.45, 7) is 6.22. The van der Waals surface area contributed by atoms with Crippen LogP contribution in [-0.2, 0) is 11.8 Å². The molecule has 2 fully saturated rings. The minimum Gasteiger partial charge on any atom is -0.450 e. The normalized spacial score (nSPS) is 26.2. The Morgan fingerprint density at radius 1 is 1.24 bits per heavy atom. The number of carbonyl (C=O) groups is 2. The average Bonchev–Trinajstić information content (AvgIpc) is 3.42. The molecule has 2 bridgehead atoms. The van der Waals surface area contributed by atoms with Gasteiger partial charge in [0.25, 0.3) is 5.91 Å². The van der Waals surface area contributed by atoms with Gasteiger partial charge >= 0.3 is 6.09 Å². The number of allylic oxidation sites excluding steroid dienone is 2. The molecule has 1 aromatic rings. The zero-order valence-corrected chi connectivity index (χ0v) is 17.7. The molecule has 1 aromatic heterocycles. The van der Waals surface area contributed by atoms with Crippen LogP contribution in [0, 0.1) is 24.7 Å². The summed E-state index contributed by atoms with van der Waals surface area (Å²) in [6.07, 6.45) is 8.41. The molecular weight excluding hydrogens is 368 g/mol. The summed E-state index contributed by atoms with van der Waals surface area (Å²) in [6, 6.07) is 2.02. The van der Waals surface area contributed by atoms with E-state index in [1.165, 1.54) is 12.8 Å². The van der Waals surface area contributed by atoms with E-state index in [1.807, 2.05) is 27.0 Å². The van der Waals surface area contributed by atoms with Crippen LogP contribution in [0.3, 0.4) is 0 Å². The van der Waals surface area contributed by atoms with E-state index in [0.29, 0.717) is 43.1 Å².